The van der Waals surface area contributed by atoms with Crippen molar-refractivity contribution >= 4 is 75.7 Å². The molecule has 198 valence electrons. The van der Waals surface area contributed by atoms with Crippen molar-refractivity contribution in [2.45, 2.75) is 0 Å². The molecule has 2 aromatic heterocycles. The van der Waals surface area contributed by atoms with Gasteiger partial charge in [0.05, 0.1) is 11.0 Å². The van der Waals surface area contributed by atoms with Crippen LogP contribution in [-0.4, -0.2) is 9.55 Å². The van der Waals surface area contributed by atoms with Gasteiger partial charge in [-0.3, -0.25) is 4.98 Å². The Hall–Kier alpha value is -5.73. The van der Waals surface area contributed by atoms with Crippen LogP contribution in [0.3, 0.4) is 0 Å². The van der Waals surface area contributed by atoms with Gasteiger partial charge in [0.15, 0.2) is 0 Å². The van der Waals surface area contributed by atoms with Gasteiger partial charge in [0.2, 0.25) is 0 Å². The second-order valence-electron chi connectivity index (χ2n) is 11.6. The van der Waals surface area contributed by atoms with Crippen molar-refractivity contribution in [2.75, 3.05) is 0 Å². The van der Waals surface area contributed by atoms with Gasteiger partial charge in [-0.05, 0) is 95.3 Å². The first-order chi connectivity index (χ1) is 21.3. The molecular weight excluding hydrogens is 520 g/mol. The van der Waals surface area contributed by atoms with Gasteiger partial charge in [0.25, 0.3) is 0 Å². The first-order valence-electron chi connectivity index (χ1n) is 14.8. The van der Waals surface area contributed by atoms with Crippen molar-refractivity contribution in [1.82, 2.24) is 9.55 Å². The molecule has 10 aromatic rings. The zero-order valence-corrected chi connectivity index (χ0v) is 23.3. The summed E-state index contributed by atoms with van der Waals surface area (Å²) in [5.74, 6) is 0. The first kappa shape index (κ1) is 22.9. The Bertz CT molecular complexity index is 2720. The van der Waals surface area contributed by atoms with Crippen molar-refractivity contribution in [2.24, 2.45) is 0 Å². The molecule has 0 spiro atoms. The van der Waals surface area contributed by atoms with E-state index in [9.17, 15) is 0 Å². The molecule has 0 aliphatic rings. The number of rotatable bonds is 2. The fourth-order valence-corrected chi connectivity index (χ4v) is 7.59. The van der Waals surface area contributed by atoms with E-state index in [-0.39, 0.29) is 0 Å². The van der Waals surface area contributed by atoms with E-state index < -0.39 is 0 Å². The molecule has 0 radical (unpaired) electrons. The Morgan fingerprint density at radius 1 is 0.395 bits per heavy atom. The topological polar surface area (TPSA) is 17.8 Å². The largest absolute Gasteiger partial charge is 0.309 e. The van der Waals surface area contributed by atoms with Gasteiger partial charge in [-0.15, -0.1) is 0 Å². The molecule has 0 amide bonds. The lowest BCUT2D eigenvalue weighted by molar-refractivity contribution is 1.18. The molecular formula is C41H24N2. The molecule has 2 heteroatoms. The molecule has 8 aromatic carbocycles. The maximum Gasteiger partial charge on any atom is 0.0572 e. The zero-order valence-electron chi connectivity index (χ0n) is 23.3. The van der Waals surface area contributed by atoms with Gasteiger partial charge in [0.1, 0.15) is 0 Å². The maximum atomic E-state index is 4.57. The third-order valence-corrected chi connectivity index (χ3v) is 9.38. The first-order valence-corrected chi connectivity index (χ1v) is 14.8. The Kier molecular flexibility index (Phi) is 4.48. The quantitative estimate of drug-likeness (QED) is 0.198. The number of para-hydroxylation sites is 1. The van der Waals surface area contributed by atoms with Crippen molar-refractivity contribution in [3.63, 3.8) is 0 Å². The summed E-state index contributed by atoms with van der Waals surface area (Å²) >= 11 is 0. The molecule has 2 nitrogen and oxygen atoms in total. The Morgan fingerprint density at radius 3 is 2.02 bits per heavy atom. The summed E-state index contributed by atoms with van der Waals surface area (Å²) in [6, 6.07) is 49.0. The molecule has 2 heterocycles. The average Bonchev–Trinajstić information content (AvgIpc) is 3.41. The van der Waals surface area contributed by atoms with E-state index in [2.05, 4.69) is 143 Å². The lowest BCUT2D eigenvalue weighted by atomic mass is 9.86. The summed E-state index contributed by atoms with van der Waals surface area (Å²) in [6.45, 7) is 0. The SMILES string of the molecule is c1ccc(-n2c3ccncc3c3c4ccc5ccc(-c6cc7ccccc7c7ccccc67)c6ccc(cc32)c4c56)cc1. The fraction of sp³-hybridized carbons (Fsp3) is 0. The van der Waals surface area contributed by atoms with Crippen LogP contribution in [0, 0.1) is 0 Å². The van der Waals surface area contributed by atoms with Crippen molar-refractivity contribution in [1.29, 1.82) is 0 Å². The van der Waals surface area contributed by atoms with Crippen LogP contribution < -0.4 is 0 Å². The minimum absolute atomic E-state index is 1.16. The molecule has 0 fully saturated rings. The lowest BCUT2D eigenvalue weighted by Crippen LogP contribution is -1.94. The lowest BCUT2D eigenvalue weighted by Gasteiger charge is -2.17. The van der Waals surface area contributed by atoms with Crippen LogP contribution in [0.15, 0.2) is 146 Å². The van der Waals surface area contributed by atoms with Crippen molar-refractivity contribution < 1.29 is 0 Å². The maximum absolute atomic E-state index is 4.57. The highest BCUT2D eigenvalue weighted by Crippen LogP contribution is 2.46. The summed E-state index contributed by atoms with van der Waals surface area (Å²) in [5.41, 5.74) is 6.10. The Balaban J connectivity index is 1.36. The van der Waals surface area contributed by atoms with Gasteiger partial charge in [-0.1, -0.05) is 103 Å². The van der Waals surface area contributed by atoms with Crippen molar-refractivity contribution in [3.05, 3.63) is 146 Å². The molecule has 0 saturated heterocycles. The Morgan fingerprint density at radius 2 is 1.12 bits per heavy atom. The van der Waals surface area contributed by atoms with Crippen LogP contribution in [0.1, 0.15) is 0 Å². The highest BCUT2D eigenvalue weighted by Gasteiger charge is 2.20. The second-order valence-corrected chi connectivity index (χ2v) is 11.6. The number of hydrogen-bond acceptors (Lipinski definition) is 1. The third-order valence-electron chi connectivity index (χ3n) is 9.38. The Labute approximate surface area is 247 Å². The van der Waals surface area contributed by atoms with E-state index in [1.54, 1.807) is 0 Å². The van der Waals surface area contributed by atoms with Crippen LogP contribution in [0.4, 0.5) is 0 Å². The molecule has 0 saturated carbocycles. The summed E-state index contributed by atoms with van der Waals surface area (Å²) in [7, 11) is 0. The van der Waals surface area contributed by atoms with Gasteiger partial charge in [-0.25, -0.2) is 0 Å². The third kappa shape index (κ3) is 3.05. The van der Waals surface area contributed by atoms with E-state index in [4.69, 9.17) is 0 Å². The van der Waals surface area contributed by atoms with E-state index in [1.165, 1.54) is 86.8 Å². The number of pyridine rings is 1. The number of nitrogens with zero attached hydrogens (tertiary/aromatic N) is 2. The minimum Gasteiger partial charge on any atom is -0.309 e. The highest BCUT2D eigenvalue weighted by atomic mass is 15.0. The van der Waals surface area contributed by atoms with Crippen LogP contribution in [0.2, 0.25) is 0 Å². The minimum atomic E-state index is 1.16. The summed E-state index contributed by atoms with van der Waals surface area (Å²) in [5, 5.41) is 15.3. The molecule has 43 heavy (non-hydrogen) atoms. The van der Waals surface area contributed by atoms with Crippen LogP contribution in [0.5, 0.6) is 0 Å². The van der Waals surface area contributed by atoms with E-state index in [1.807, 2.05) is 12.4 Å². The second kappa shape index (κ2) is 8.40. The van der Waals surface area contributed by atoms with E-state index in [0.29, 0.717) is 0 Å². The van der Waals surface area contributed by atoms with Gasteiger partial charge >= 0.3 is 0 Å². The van der Waals surface area contributed by atoms with Crippen LogP contribution >= 0.6 is 0 Å². The molecule has 0 aliphatic carbocycles. The van der Waals surface area contributed by atoms with Crippen LogP contribution in [0.25, 0.3) is 92.5 Å². The molecule has 0 aliphatic heterocycles. The number of benzene rings is 8. The average molecular weight is 545 g/mol. The number of fused-ring (bicyclic) bond motifs is 7. The zero-order chi connectivity index (χ0) is 28.1. The van der Waals surface area contributed by atoms with Crippen molar-refractivity contribution in [3.8, 4) is 16.8 Å². The van der Waals surface area contributed by atoms with Crippen LogP contribution in [-0.2, 0) is 0 Å². The molecule has 0 atom stereocenters. The highest BCUT2D eigenvalue weighted by molar-refractivity contribution is 6.34. The molecule has 0 N–H and O–H groups in total. The summed E-state index contributed by atoms with van der Waals surface area (Å²) in [6.07, 6.45) is 3.93. The van der Waals surface area contributed by atoms with Gasteiger partial charge in [0, 0.05) is 28.9 Å². The normalized spacial score (nSPS) is 12.2. The van der Waals surface area contributed by atoms with E-state index in [0.717, 1.165) is 5.69 Å². The van der Waals surface area contributed by atoms with Gasteiger partial charge < -0.3 is 4.57 Å². The summed E-state index contributed by atoms with van der Waals surface area (Å²) in [4.78, 5) is 4.57. The monoisotopic (exact) mass is 544 g/mol. The molecule has 10 rings (SSSR count). The predicted octanol–water partition coefficient (Wildman–Crippen LogP) is 11.0. The predicted molar refractivity (Wildman–Crippen MR) is 183 cm³/mol. The molecule has 0 unspecified atom stereocenters. The molecule has 0 bridgehead atoms. The summed E-state index contributed by atoms with van der Waals surface area (Å²) < 4.78 is 2.38. The fourth-order valence-electron chi connectivity index (χ4n) is 7.59. The van der Waals surface area contributed by atoms with Gasteiger partial charge in [-0.2, -0.15) is 0 Å². The number of hydrogen-bond donors (Lipinski definition) is 0. The smallest absolute Gasteiger partial charge is 0.0572 e. The van der Waals surface area contributed by atoms with E-state index >= 15 is 0 Å². The number of aromatic nitrogens is 2. The standard InChI is InChI=1S/C41H24N2/c1-2-9-28(10-3-1)43-37-20-21-42-24-36(37)41-34-19-15-25-14-17-32(33-18-16-27(23-38(41)43)40(34)39(25)33)35-22-26-8-4-5-11-29(26)30-12-6-7-13-31(30)35/h1-24H.